The first-order chi connectivity index (χ1) is 26.8. The van der Waals surface area contributed by atoms with Gasteiger partial charge in [-0.25, -0.2) is 9.97 Å². The fourth-order valence-corrected chi connectivity index (χ4v) is 10.4. The summed E-state index contributed by atoms with van der Waals surface area (Å²) in [6, 6.07) is 57.8. The Morgan fingerprint density at radius 3 is 1.64 bits per heavy atom. The minimum atomic E-state index is -0.0913. The van der Waals surface area contributed by atoms with Crippen LogP contribution in [0, 0.1) is 0 Å². The molecule has 2 aromatic heterocycles. The molecule has 55 heavy (non-hydrogen) atoms. The molecule has 2 nitrogen and oxygen atoms in total. The predicted octanol–water partition coefficient (Wildman–Crippen LogP) is 14.1. The van der Waals surface area contributed by atoms with Crippen LogP contribution in [-0.2, 0) is 10.8 Å². The van der Waals surface area contributed by atoms with Crippen LogP contribution in [0.1, 0.15) is 49.9 Å². The monoisotopic (exact) mass is 722 g/mol. The van der Waals surface area contributed by atoms with Gasteiger partial charge < -0.3 is 0 Å². The van der Waals surface area contributed by atoms with Crippen molar-refractivity contribution >= 4 is 31.6 Å². The van der Waals surface area contributed by atoms with Crippen LogP contribution >= 0.6 is 11.3 Å². The van der Waals surface area contributed by atoms with Crippen LogP contribution in [0.4, 0.5) is 0 Å². The SMILES string of the molecule is CC1(C)c2ccccc2-c2cc3c(cc21)-c1ccc(-c2ccc(-c4ccc(-c5nc(-c6ccccc6)nc6c5sc5ccccc56)cc4)cc2)cc1C3(C)C. The van der Waals surface area contributed by atoms with E-state index in [2.05, 4.69) is 167 Å². The van der Waals surface area contributed by atoms with Gasteiger partial charge in [0.05, 0.1) is 15.9 Å². The smallest absolute Gasteiger partial charge is 0.160 e. The van der Waals surface area contributed by atoms with Crippen LogP contribution in [0.5, 0.6) is 0 Å². The van der Waals surface area contributed by atoms with E-state index in [0.717, 1.165) is 32.9 Å². The number of nitrogens with zero attached hydrogens (tertiary/aromatic N) is 2. The molecule has 0 bridgehead atoms. The van der Waals surface area contributed by atoms with E-state index in [4.69, 9.17) is 9.97 Å². The van der Waals surface area contributed by atoms with Crippen LogP contribution in [0.3, 0.4) is 0 Å². The van der Waals surface area contributed by atoms with Gasteiger partial charge >= 0.3 is 0 Å². The van der Waals surface area contributed by atoms with Crippen LogP contribution in [0.2, 0.25) is 0 Å². The number of hydrogen-bond acceptors (Lipinski definition) is 3. The summed E-state index contributed by atoms with van der Waals surface area (Å²) in [5.74, 6) is 0.753. The Morgan fingerprint density at radius 2 is 0.927 bits per heavy atom. The molecule has 0 saturated heterocycles. The lowest BCUT2D eigenvalue weighted by Gasteiger charge is -2.24. The molecule has 2 aliphatic carbocycles. The average Bonchev–Trinajstić information content (AvgIpc) is 3.80. The van der Waals surface area contributed by atoms with Crippen LogP contribution < -0.4 is 0 Å². The maximum Gasteiger partial charge on any atom is 0.160 e. The largest absolute Gasteiger partial charge is 0.226 e. The van der Waals surface area contributed by atoms with Crippen molar-refractivity contribution < 1.29 is 0 Å². The van der Waals surface area contributed by atoms with Gasteiger partial charge in [0, 0.05) is 32.0 Å². The van der Waals surface area contributed by atoms with E-state index < -0.39 is 0 Å². The molecular weight excluding hydrogens is 685 g/mol. The highest BCUT2D eigenvalue weighted by Crippen LogP contribution is 2.56. The first kappa shape index (κ1) is 32.3. The van der Waals surface area contributed by atoms with E-state index >= 15 is 0 Å². The summed E-state index contributed by atoms with van der Waals surface area (Å²) in [6.45, 7) is 9.52. The van der Waals surface area contributed by atoms with E-state index in [1.54, 1.807) is 11.3 Å². The van der Waals surface area contributed by atoms with Gasteiger partial charge in [-0.1, -0.05) is 161 Å². The number of rotatable bonds is 4. The lowest BCUT2D eigenvalue weighted by atomic mass is 9.79. The Morgan fingerprint density at radius 1 is 0.400 bits per heavy atom. The van der Waals surface area contributed by atoms with Gasteiger partial charge in [0.2, 0.25) is 0 Å². The molecule has 0 amide bonds. The second-order valence-corrected chi connectivity index (χ2v) is 17.2. The van der Waals surface area contributed by atoms with Gasteiger partial charge in [-0.3, -0.25) is 0 Å². The van der Waals surface area contributed by atoms with Crippen LogP contribution in [0.25, 0.3) is 87.5 Å². The molecule has 0 radical (unpaired) electrons. The van der Waals surface area contributed by atoms with E-state index in [0.29, 0.717) is 0 Å². The molecule has 0 fully saturated rings. The third-order valence-corrected chi connectivity index (χ3v) is 13.5. The zero-order valence-corrected chi connectivity index (χ0v) is 32.1. The topological polar surface area (TPSA) is 25.8 Å². The Bertz CT molecular complexity index is 3000. The summed E-state index contributed by atoms with van der Waals surface area (Å²) >= 11 is 1.77. The molecule has 2 aliphatic rings. The van der Waals surface area contributed by atoms with Crippen molar-refractivity contribution in [3.8, 4) is 67.2 Å². The molecule has 11 rings (SSSR count). The van der Waals surface area contributed by atoms with E-state index in [1.807, 2.05) is 18.2 Å². The second-order valence-electron chi connectivity index (χ2n) is 16.2. The number of thiophene rings is 1. The molecule has 0 atom stereocenters. The fraction of sp³-hybridized carbons (Fsp3) is 0.115. The van der Waals surface area contributed by atoms with Crippen LogP contribution in [-0.4, -0.2) is 9.97 Å². The van der Waals surface area contributed by atoms with E-state index in [9.17, 15) is 0 Å². The summed E-state index contributed by atoms with van der Waals surface area (Å²) in [5, 5.41) is 1.18. The fourth-order valence-electron chi connectivity index (χ4n) is 9.29. The third kappa shape index (κ3) is 4.79. The average molecular weight is 723 g/mol. The van der Waals surface area contributed by atoms with Gasteiger partial charge in [-0.15, -0.1) is 11.3 Å². The first-order valence-corrected chi connectivity index (χ1v) is 20.0. The number of aromatic nitrogens is 2. The predicted molar refractivity (Wildman–Crippen MR) is 232 cm³/mol. The van der Waals surface area contributed by atoms with Crippen molar-refractivity contribution in [2.24, 2.45) is 0 Å². The van der Waals surface area contributed by atoms with Gasteiger partial charge in [0.1, 0.15) is 0 Å². The lowest BCUT2D eigenvalue weighted by Crippen LogP contribution is -2.17. The Kier molecular flexibility index (Phi) is 6.85. The molecule has 7 aromatic carbocycles. The van der Waals surface area contributed by atoms with Gasteiger partial charge in [-0.2, -0.15) is 0 Å². The molecule has 9 aromatic rings. The third-order valence-electron chi connectivity index (χ3n) is 12.3. The Labute approximate surface area is 325 Å². The molecule has 0 N–H and O–H groups in total. The Balaban J connectivity index is 0.915. The van der Waals surface area contributed by atoms with E-state index in [-0.39, 0.29) is 10.8 Å². The quantitative estimate of drug-likeness (QED) is 0.181. The van der Waals surface area contributed by atoms with Gasteiger partial charge in [0.15, 0.2) is 5.82 Å². The number of hydrogen-bond donors (Lipinski definition) is 0. The highest BCUT2D eigenvalue weighted by atomic mass is 32.1. The summed E-state index contributed by atoms with van der Waals surface area (Å²) in [6.07, 6.45) is 0. The molecule has 3 heteroatoms. The van der Waals surface area contributed by atoms with E-state index in [1.165, 1.54) is 76.8 Å². The number of benzene rings is 7. The molecule has 0 aliphatic heterocycles. The molecule has 262 valence electrons. The highest BCUT2D eigenvalue weighted by Gasteiger charge is 2.41. The maximum absolute atomic E-state index is 5.16. The summed E-state index contributed by atoms with van der Waals surface area (Å²) in [5.41, 5.74) is 20.1. The maximum atomic E-state index is 5.16. The second kappa shape index (κ2) is 11.7. The van der Waals surface area contributed by atoms with Crippen molar-refractivity contribution in [2.75, 3.05) is 0 Å². The standard InChI is InChI=1S/C52H38N2S/c1-51(2)42-16-10-8-14-37(42)40-29-45-41(30-44(40)51)38-27-26-36(28-43(38)52(45,3)4)33-20-18-31(19-21-33)32-22-24-34(25-23-32)47-49-48(39-15-9-11-17-46(39)55-49)54-50(53-47)35-12-6-5-7-13-35/h5-30H,1-4H3. The number of fused-ring (bicyclic) bond motifs is 9. The van der Waals surface area contributed by atoms with Crippen molar-refractivity contribution in [1.29, 1.82) is 0 Å². The van der Waals surface area contributed by atoms with Crippen molar-refractivity contribution in [3.05, 3.63) is 180 Å². The first-order valence-electron chi connectivity index (χ1n) is 19.2. The molecule has 2 heterocycles. The summed E-state index contributed by atoms with van der Waals surface area (Å²) in [7, 11) is 0. The zero-order chi connectivity index (χ0) is 37.1. The lowest BCUT2D eigenvalue weighted by molar-refractivity contribution is 0.652. The van der Waals surface area contributed by atoms with Crippen molar-refractivity contribution in [1.82, 2.24) is 9.97 Å². The summed E-state index contributed by atoms with van der Waals surface area (Å²) in [4.78, 5) is 10.2. The van der Waals surface area contributed by atoms with Gasteiger partial charge in [-0.05, 0) is 91.0 Å². The van der Waals surface area contributed by atoms with Gasteiger partial charge in [0.25, 0.3) is 0 Å². The minimum absolute atomic E-state index is 0.0106. The highest BCUT2D eigenvalue weighted by molar-refractivity contribution is 7.26. The van der Waals surface area contributed by atoms with Crippen molar-refractivity contribution in [3.63, 3.8) is 0 Å². The molecule has 0 saturated carbocycles. The minimum Gasteiger partial charge on any atom is -0.226 e. The molecule has 0 unspecified atom stereocenters. The molecular formula is C52H38N2S. The Hall–Kier alpha value is -6.16. The summed E-state index contributed by atoms with van der Waals surface area (Å²) < 4.78 is 2.35. The van der Waals surface area contributed by atoms with Crippen molar-refractivity contribution in [2.45, 2.75) is 38.5 Å². The van der Waals surface area contributed by atoms with Crippen LogP contribution in [0.15, 0.2) is 158 Å². The zero-order valence-electron chi connectivity index (χ0n) is 31.3. The molecule has 0 spiro atoms. The normalized spacial score (nSPS) is 14.5.